The van der Waals surface area contributed by atoms with Gasteiger partial charge in [-0.15, -0.1) is 0 Å². The van der Waals surface area contributed by atoms with Crippen LogP contribution in [0.25, 0.3) is 0 Å². The number of hydrogen-bond acceptors (Lipinski definition) is 10. The summed E-state index contributed by atoms with van der Waals surface area (Å²) in [4.78, 5) is 26.7. The van der Waals surface area contributed by atoms with Gasteiger partial charge in [0.1, 0.15) is 24.4 Å². The number of hydrogen-bond donors (Lipinski definition) is 6. The highest BCUT2D eigenvalue weighted by Crippen LogP contribution is 2.26. The second-order valence-corrected chi connectivity index (χ2v) is 24.2. The van der Waals surface area contributed by atoms with E-state index in [0.29, 0.717) is 12.8 Å². The van der Waals surface area contributed by atoms with Crippen molar-refractivity contribution in [2.45, 2.75) is 352 Å². The molecule has 1 heterocycles. The van der Waals surface area contributed by atoms with Gasteiger partial charge in [-0.25, -0.2) is 0 Å². The van der Waals surface area contributed by atoms with Crippen LogP contribution in [-0.2, 0) is 23.8 Å². The van der Waals surface area contributed by atoms with E-state index in [9.17, 15) is 35.1 Å². The molecule has 0 aromatic heterocycles. The van der Waals surface area contributed by atoms with Crippen LogP contribution in [0.15, 0.2) is 97.2 Å². The lowest BCUT2D eigenvalue weighted by molar-refractivity contribution is -0.305. The first-order valence-corrected chi connectivity index (χ1v) is 35.5. The molecule has 0 aromatic carbocycles. The summed E-state index contributed by atoms with van der Waals surface area (Å²) >= 11 is 0. The van der Waals surface area contributed by atoms with E-state index < -0.39 is 67.4 Å². The van der Waals surface area contributed by atoms with Gasteiger partial charge in [-0.1, -0.05) is 291 Å². The van der Waals surface area contributed by atoms with Gasteiger partial charge in [0, 0.05) is 6.42 Å². The second-order valence-electron chi connectivity index (χ2n) is 24.2. The summed E-state index contributed by atoms with van der Waals surface area (Å²) in [6.45, 7) is 5.69. The Hall–Kier alpha value is -3.42. The van der Waals surface area contributed by atoms with Crippen molar-refractivity contribution in [3.8, 4) is 0 Å². The van der Waals surface area contributed by atoms with Crippen LogP contribution in [0.3, 0.4) is 0 Å². The van der Waals surface area contributed by atoms with Crippen molar-refractivity contribution in [3.63, 3.8) is 0 Å². The number of amides is 1. The fourth-order valence-electron chi connectivity index (χ4n) is 10.7. The molecule has 0 aromatic rings. The van der Waals surface area contributed by atoms with E-state index in [4.69, 9.17) is 14.2 Å². The normalized spacial score (nSPS) is 18.9. The molecule has 11 nitrogen and oxygen atoms in total. The molecular formula is C75H131NO10. The smallest absolute Gasteiger partial charge is 0.306 e. The average molecular weight is 1210 g/mol. The molecule has 1 aliphatic heterocycles. The lowest BCUT2D eigenvalue weighted by Crippen LogP contribution is -2.61. The molecule has 86 heavy (non-hydrogen) atoms. The third-order valence-corrected chi connectivity index (χ3v) is 16.2. The molecule has 1 rings (SSSR count). The molecule has 0 spiro atoms. The van der Waals surface area contributed by atoms with Gasteiger partial charge in [-0.2, -0.15) is 0 Å². The SMILES string of the molecule is CC/C=C\C/C=C\C/C=C\C/C=C\C/C=C\C/C=C\CCCCCCCCCC(O)C(=O)NC(COC1OC(CO)C(O)C(O)C1OC(=O)CCCCCCCCCCC/C=C/CCCCCCCC)C(O)/C=C/CCCCCCCCCCCC. The lowest BCUT2D eigenvalue weighted by Gasteiger charge is -2.41. The zero-order valence-corrected chi connectivity index (χ0v) is 55.2. The number of carbonyl (C=O) groups is 2. The molecule has 0 saturated carbocycles. The molecule has 8 atom stereocenters. The Morgan fingerprint density at radius 2 is 0.837 bits per heavy atom. The van der Waals surface area contributed by atoms with Gasteiger partial charge >= 0.3 is 5.97 Å². The predicted octanol–water partition coefficient (Wildman–Crippen LogP) is 18.2. The first kappa shape index (κ1) is 80.6. The number of ether oxygens (including phenoxy) is 3. The number of aliphatic hydroxyl groups excluding tert-OH is 5. The van der Waals surface area contributed by atoms with E-state index in [-0.39, 0.29) is 19.4 Å². The van der Waals surface area contributed by atoms with Crippen LogP contribution in [0.2, 0.25) is 0 Å². The highest BCUT2D eigenvalue weighted by Gasteiger charge is 2.47. The lowest BCUT2D eigenvalue weighted by atomic mass is 9.99. The fraction of sp³-hybridized carbons (Fsp3) is 0.760. The summed E-state index contributed by atoms with van der Waals surface area (Å²) < 4.78 is 17.7. The summed E-state index contributed by atoms with van der Waals surface area (Å²) in [5, 5.41) is 57.2. The van der Waals surface area contributed by atoms with Crippen molar-refractivity contribution in [2.24, 2.45) is 0 Å². The van der Waals surface area contributed by atoms with Gasteiger partial charge in [0.2, 0.25) is 5.91 Å². The van der Waals surface area contributed by atoms with E-state index in [1.54, 1.807) is 6.08 Å². The molecule has 11 heteroatoms. The summed E-state index contributed by atoms with van der Waals surface area (Å²) in [5.41, 5.74) is 0. The van der Waals surface area contributed by atoms with Gasteiger partial charge in [0.05, 0.1) is 25.4 Å². The van der Waals surface area contributed by atoms with Crippen LogP contribution >= 0.6 is 0 Å². The highest BCUT2D eigenvalue weighted by molar-refractivity contribution is 5.80. The molecule has 1 amide bonds. The number of allylic oxidation sites excluding steroid dienone is 15. The maximum Gasteiger partial charge on any atom is 0.306 e. The molecule has 0 bridgehead atoms. The van der Waals surface area contributed by atoms with Crippen molar-refractivity contribution in [1.29, 1.82) is 0 Å². The Morgan fingerprint density at radius 3 is 1.27 bits per heavy atom. The molecule has 0 aliphatic carbocycles. The number of aliphatic hydroxyl groups is 5. The van der Waals surface area contributed by atoms with Crippen LogP contribution in [0.4, 0.5) is 0 Å². The van der Waals surface area contributed by atoms with Gasteiger partial charge in [0.15, 0.2) is 12.4 Å². The molecule has 6 N–H and O–H groups in total. The van der Waals surface area contributed by atoms with E-state index in [0.717, 1.165) is 116 Å². The van der Waals surface area contributed by atoms with E-state index >= 15 is 0 Å². The Bertz CT molecular complexity index is 1770. The van der Waals surface area contributed by atoms with E-state index in [1.165, 1.54) is 141 Å². The van der Waals surface area contributed by atoms with Crippen molar-refractivity contribution in [2.75, 3.05) is 13.2 Å². The molecule has 496 valence electrons. The van der Waals surface area contributed by atoms with Gasteiger partial charge in [-0.05, 0) is 103 Å². The third-order valence-electron chi connectivity index (χ3n) is 16.2. The molecule has 1 fully saturated rings. The maximum atomic E-state index is 13.5. The zero-order valence-electron chi connectivity index (χ0n) is 55.2. The van der Waals surface area contributed by atoms with Crippen molar-refractivity contribution in [3.05, 3.63) is 97.2 Å². The second kappa shape index (κ2) is 61.8. The van der Waals surface area contributed by atoms with Gasteiger partial charge in [-0.3, -0.25) is 9.59 Å². The molecular weight excluding hydrogens is 1070 g/mol. The van der Waals surface area contributed by atoms with Crippen molar-refractivity contribution < 1.29 is 49.3 Å². The number of carbonyl (C=O) groups excluding carboxylic acids is 2. The van der Waals surface area contributed by atoms with Gasteiger partial charge in [0.25, 0.3) is 0 Å². The van der Waals surface area contributed by atoms with E-state index in [2.05, 4.69) is 111 Å². The van der Waals surface area contributed by atoms with Gasteiger partial charge < -0.3 is 45.1 Å². The molecule has 8 unspecified atom stereocenters. The minimum absolute atomic E-state index is 0.118. The number of nitrogens with one attached hydrogen (secondary N) is 1. The molecule has 1 saturated heterocycles. The van der Waals surface area contributed by atoms with Crippen molar-refractivity contribution >= 4 is 11.9 Å². The first-order valence-electron chi connectivity index (χ1n) is 35.5. The minimum atomic E-state index is -1.62. The largest absolute Gasteiger partial charge is 0.454 e. The number of rotatable bonds is 60. The van der Waals surface area contributed by atoms with Crippen LogP contribution in [-0.4, -0.2) is 99.6 Å². The Balaban J connectivity index is 2.59. The summed E-state index contributed by atoms with van der Waals surface area (Å²) in [6, 6.07) is -1.03. The first-order chi connectivity index (χ1) is 42.2. The minimum Gasteiger partial charge on any atom is -0.454 e. The third kappa shape index (κ3) is 48.5. The summed E-state index contributed by atoms with van der Waals surface area (Å²) in [6.07, 6.45) is 73.0. The molecule has 0 radical (unpaired) electrons. The maximum absolute atomic E-state index is 13.5. The Kier molecular flexibility index (Phi) is 57.9. The monoisotopic (exact) mass is 1210 g/mol. The summed E-state index contributed by atoms with van der Waals surface area (Å²) in [5.74, 6) is -1.20. The number of unbranched alkanes of at least 4 members (excludes halogenated alkanes) is 32. The molecule has 1 aliphatic rings. The van der Waals surface area contributed by atoms with Crippen LogP contribution < -0.4 is 5.32 Å². The fourth-order valence-corrected chi connectivity index (χ4v) is 10.7. The predicted molar refractivity (Wildman–Crippen MR) is 361 cm³/mol. The highest BCUT2D eigenvalue weighted by atomic mass is 16.7. The van der Waals surface area contributed by atoms with Crippen molar-refractivity contribution in [1.82, 2.24) is 5.32 Å². The average Bonchev–Trinajstić information content (AvgIpc) is 3.68. The Morgan fingerprint density at radius 1 is 0.465 bits per heavy atom. The topological polar surface area (TPSA) is 175 Å². The zero-order chi connectivity index (χ0) is 62.4. The summed E-state index contributed by atoms with van der Waals surface area (Å²) in [7, 11) is 0. The van der Waals surface area contributed by atoms with Crippen LogP contribution in [0.5, 0.6) is 0 Å². The Labute approximate surface area is 526 Å². The van der Waals surface area contributed by atoms with E-state index in [1.807, 2.05) is 6.08 Å². The number of esters is 1. The quantitative estimate of drug-likeness (QED) is 0.0195. The van der Waals surface area contributed by atoms with Crippen LogP contribution in [0, 0.1) is 0 Å². The van der Waals surface area contributed by atoms with Crippen LogP contribution in [0.1, 0.15) is 303 Å². The standard InChI is InChI=1S/C75H131NO10/c1-4-7-10-13-16-19-22-25-27-29-31-32-33-34-35-36-37-39-40-42-44-47-50-53-56-59-62-68(79)74(83)76-66(67(78)61-58-55-52-49-46-24-21-18-15-12-9-6-3)65-84-75-73(72(82)71(81)69(64-77)85-75)86-70(80)63-60-57-54-51-48-45-43-41-38-30-28-26-23-20-17-14-11-8-5-2/h7,10,16,19,25-28,31-32,34-35,37,39,58,61,66-69,71-73,75,77-79,81-82H,4-6,8-9,11-15,17-18,20-24,29-30,33,36,38,40-57,59-60,62-65H2,1-3H3,(H,76,83)/b10-7-,19-16-,27-25-,28-26+,32-31-,35-34-,39-37-,61-58+.